The van der Waals surface area contributed by atoms with Gasteiger partial charge in [0.05, 0.1) is 19.8 Å². The molecule has 2 aromatic carbocycles. The third kappa shape index (κ3) is 7.24. The molecule has 0 aliphatic carbocycles. The van der Waals surface area contributed by atoms with Crippen LogP contribution < -0.4 is 9.47 Å². The summed E-state index contributed by atoms with van der Waals surface area (Å²) < 4.78 is 18.8. The third-order valence-electron chi connectivity index (χ3n) is 8.75. The molecule has 7 heteroatoms. The number of amides is 1. The summed E-state index contributed by atoms with van der Waals surface area (Å²) in [6.45, 7) is 19.3. The minimum atomic E-state index is -1.95. The summed E-state index contributed by atoms with van der Waals surface area (Å²) in [6.07, 6.45) is 3.10. The Morgan fingerprint density at radius 1 is 0.976 bits per heavy atom. The van der Waals surface area contributed by atoms with Gasteiger partial charge in [-0.15, -0.1) is 0 Å². The molecule has 1 atom stereocenters. The van der Waals surface area contributed by atoms with Crippen LogP contribution in [-0.4, -0.2) is 43.9 Å². The van der Waals surface area contributed by atoms with Gasteiger partial charge in [-0.25, -0.2) is 4.98 Å². The zero-order valence-corrected chi connectivity index (χ0v) is 27.9. The van der Waals surface area contributed by atoms with E-state index in [1.54, 1.807) is 13.3 Å². The van der Waals surface area contributed by atoms with Crippen LogP contribution in [-0.2, 0) is 27.8 Å². The van der Waals surface area contributed by atoms with Crippen LogP contribution >= 0.6 is 0 Å². The quantitative estimate of drug-likeness (QED) is 0.224. The molecule has 0 bridgehead atoms. The lowest BCUT2D eigenvalue weighted by atomic mass is 9.83. The van der Waals surface area contributed by atoms with E-state index in [-0.39, 0.29) is 22.4 Å². The second-order valence-corrected chi connectivity index (χ2v) is 18.7. The van der Waals surface area contributed by atoms with Gasteiger partial charge in [-0.3, -0.25) is 4.79 Å². The van der Waals surface area contributed by atoms with Crippen molar-refractivity contribution in [2.24, 2.45) is 0 Å². The standard InChI is InChI=1S/C35H48N2O4Si/c1-34(2,3)30-21-29(28-16-13-19-36-33(28)40-23-25-14-11-10-12-15-25)26(20-31(30)39-7)22-37-27(17-18-32(37)38)24-41-42(8,9)35(4,5)6/h10-16,19-21,27H,17-18,22-24H2,1-9H3/t27-/m0/s1. The fraction of sp³-hybridized carbons (Fsp3) is 0.486. The van der Waals surface area contributed by atoms with Crippen molar-refractivity contribution in [1.82, 2.24) is 9.88 Å². The summed E-state index contributed by atoms with van der Waals surface area (Å²) in [5, 5.41) is 0.111. The minimum Gasteiger partial charge on any atom is -0.496 e. The SMILES string of the molecule is COc1cc(CN2C(=O)CC[C@H]2CO[Si](C)(C)C(C)(C)C)c(-c2cccnc2OCc2ccccc2)cc1C(C)(C)C. The number of benzene rings is 2. The van der Waals surface area contributed by atoms with Crippen molar-refractivity contribution >= 4 is 14.2 Å². The molecule has 1 aliphatic heterocycles. The van der Waals surface area contributed by atoms with Gasteiger partial charge in [-0.2, -0.15) is 0 Å². The lowest BCUT2D eigenvalue weighted by molar-refractivity contribution is -0.130. The van der Waals surface area contributed by atoms with Crippen molar-refractivity contribution in [2.75, 3.05) is 13.7 Å². The molecule has 42 heavy (non-hydrogen) atoms. The average Bonchev–Trinajstić information content (AvgIpc) is 3.28. The molecule has 6 nitrogen and oxygen atoms in total. The summed E-state index contributed by atoms with van der Waals surface area (Å²) in [4.78, 5) is 19.9. The van der Waals surface area contributed by atoms with Crippen molar-refractivity contribution < 1.29 is 18.7 Å². The van der Waals surface area contributed by atoms with E-state index in [9.17, 15) is 4.79 Å². The highest BCUT2D eigenvalue weighted by Crippen LogP contribution is 2.41. The lowest BCUT2D eigenvalue weighted by Gasteiger charge is -2.38. The van der Waals surface area contributed by atoms with Crippen LogP contribution in [0.3, 0.4) is 0 Å². The molecule has 1 aliphatic rings. The molecular formula is C35H48N2O4Si. The van der Waals surface area contributed by atoms with Crippen LogP contribution in [0, 0.1) is 0 Å². The van der Waals surface area contributed by atoms with Gasteiger partial charge in [0.15, 0.2) is 8.32 Å². The van der Waals surface area contributed by atoms with Crippen LogP contribution in [0.4, 0.5) is 0 Å². The number of ether oxygens (including phenoxy) is 2. The summed E-state index contributed by atoms with van der Waals surface area (Å²) in [5.41, 5.74) is 4.91. The maximum absolute atomic E-state index is 13.3. The van der Waals surface area contributed by atoms with E-state index < -0.39 is 8.32 Å². The molecule has 0 unspecified atom stereocenters. The van der Waals surface area contributed by atoms with Gasteiger partial charge >= 0.3 is 0 Å². The smallest absolute Gasteiger partial charge is 0.223 e. The van der Waals surface area contributed by atoms with E-state index in [1.165, 1.54) is 0 Å². The van der Waals surface area contributed by atoms with Crippen molar-refractivity contribution in [3.05, 3.63) is 77.5 Å². The maximum Gasteiger partial charge on any atom is 0.223 e. The number of hydrogen-bond acceptors (Lipinski definition) is 5. The summed E-state index contributed by atoms with van der Waals surface area (Å²) in [5.74, 6) is 1.55. The highest BCUT2D eigenvalue weighted by molar-refractivity contribution is 6.74. The van der Waals surface area contributed by atoms with E-state index >= 15 is 0 Å². The first kappa shape index (κ1) is 31.8. The van der Waals surface area contributed by atoms with Crippen molar-refractivity contribution in [2.45, 2.75) is 97.1 Å². The number of likely N-dealkylation sites (tertiary alicyclic amines) is 1. The molecule has 0 N–H and O–H groups in total. The lowest BCUT2D eigenvalue weighted by Crippen LogP contribution is -2.45. The summed E-state index contributed by atoms with van der Waals surface area (Å²) >= 11 is 0. The van der Waals surface area contributed by atoms with Crippen molar-refractivity contribution in [1.29, 1.82) is 0 Å². The molecule has 1 fully saturated rings. The first-order valence-corrected chi connectivity index (χ1v) is 17.9. The number of rotatable bonds is 10. The molecular weight excluding hydrogens is 540 g/mol. The topological polar surface area (TPSA) is 60.9 Å². The van der Waals surface area contributed by atoms with Gasteiger partial charge in [-0.1, -0.05) is 71.9 Å². The van der Waals surface area contributed by atoms with Gasteiger partial charge in [0.25, 0.3) is 0 Å². The highest BCUT2D eigenvalue weighted by Gasteiger charge is 2.40. The fourth-order valence-corrected chi connectivity index (χ4v) is 6.13. The first-order chi connectivity index (χ1) is 19.7. The summed E-state index contributed by atoms with van der Waals surface area (Å²) in [6, 6.07) is 18.4. The molecule has 4 rings (SSSR count). The highest BCUT2D eigenvalue weighted by atomic mass is 28.4. The molecule has 2 heterocycles. The van der Waals surface area contributed by atoms with E-state index in [0.29, 0.717) is 32.1 Å². The molecule has 0 saturated carbocycles. The number of nitrogens with zero attached hydrogens (tertiary/aromatic N) is 2. The predicted octanol–water partition coefficient (Wildman–Crippen LogP) is 8.15. The Balaban J connectivity index is 1.73. The minimum absolute atomic E-state index is 0.0375. The molecule has 0 spiro atoms. The molecule has 1 amide bonds. The van der Waals surface area contributed by atoms with E-state index in [0.717, 1.165) is 40.0 Å². The predicted molar refractivity (Wildman–Crippen MR) is 172 cm³/mol. The number of methoxy groups -OCH3 is 1. The Morgan fingerprint density at radius 2 is 1.69 bits per heavy atom. The van der Waals surface area contributed by atoms with Gasteiger partial charge in [0.1, 0.15) is 12.4 Å². The second kappa shape index (κ2) is 12.6. The van der Waals surface area contributed by atoms with Gasteiger partial charge in [-0.05, 0) is 70.9 Å². The second-order valence-electron chi connectivity index (χ2n) is 13.9. The number of carbonyl (C=O) groups is 1. The van der Waals surface area contributed by atoms with Crippen LogP contribution in [0.1, 0.15) is 71.1 Å². The third-order valence-corrected chi connectivity index (χ3v) is 13.2. The van der Waals surface area contributed by atoms with Gasteiger partial charge in [0, 0.05) is 30.3 Å². The molecule has 1 saturated heterocycles. The number of pyridine rings is 1. The van der Waals surface area contributed by atoms with Crippen LogP contribution in [0.2, 0.25) is 18.1 Å². The Morgan fingerprint density at radius 3 is 2.33 bits per heavy atom. The normalized spacial score (nSPS) is 16.2. The van der Waals surface area contributed by atoms with E-state index in [4.69, 9.17) is 13.9 Å². The number of aromatic nitrogens is 1. The number of carbonyl (C=O) groups excluding carboxylic acids is 1. The monoisotopic (exact) mass is 588 g/mol. The van der Waals surface area contributed by atoms with Crippen molar-refractivity contribution in [3.63, 3.8) is 0 Å². The molecule has 0 radical (unpaired) electrons. The average molecular weight is 589 g/mol. The Bertz CT molecular complexity index is 1380. The zero-order valence-electron chi connectivity index (χ0n) is 26.9. The Labute approximate surface area is 253 Å². The fourth-order valence-electron chi connectivity index (χ4n) is 5.08. The Hall–Kier alpha value is -3.16. The Kier molecular flexibility index (Phi) is 9.53. The first-order valence-electron chi connectivity index (χ1n) is 15.0. The summed E-state index contributed by atoms with van der Waals surface area (Å²) in [7, 11) is -0.239. The van der Waals surface area contributed by atoms with Gasteiger partial charge < -0.3 is 18.8 Å². The molecule has 3 aromatic rings. The molecule has 226 valence electrons. The van der Waals surface area contributed by atoms with E-state index in [1.807, 2.05) is 41.3 Å². The van der Waals surface area contributed by atoms with Gasteiger partial charge in [0.2, 0.25) is 11.8 Å². The van der Waals surface area contributed by atoms with E-state index in [2.05, 4.69) is 77.8 Å². The maximum atomic E-state index is 13.3. The largest absolute Gasteiger partial charge is 0.496 e. The van der Waals surface area contributed by atoms with Crippen LogP contribution in [0.15, 0.2) is 60.8 Å². The number of hydrogen-bond donors (Lipinski definition) is 0. The zero-order chi connectivity index (χ0) is 30.7. The van der Waals surface area contributed by atoms with Crippen molar-refractivity contribution in [3.8, 4) is 22.8 Å². The molecule has 1 aromatic heterocycles. The van der Waals surface area contributed by atoms with Crippen LogP contribution in [0.25, 0.3) is 11.1 Å². The van der Waals surface area contributed by atoms with Crippen LogP contribution in [0.5, 0.6) is 11.6 Å².